The van der Waals surface area contributed by atoms with Crippen molar-refractivity contribution in [3.8, 4) is 11.8 Å². The van der Waals surface area contributed by atoms with Gasteiger partial charge in [-0.25, -0.2) is 4.79 Å². The number of amides is 3. The molecule has 3 rings (SSSR count). The zero-order chi connectivity index (χ0) is 32.5. The quantitative estimate of drug-likeness (QED) is 0.154. The molecule has 0 aliphatic carbocycles. The summed E-state index contributed by atoms with van der Waals surface area (Å²) in [4.78, 5) is 51.6. The predicted molar refractivity (Wildman–Crippen MR) is 168 cm³/mol. The van der Waals surface area contributed by atoms with Crippen LogP contribution < -0.4 is 16.0 Å². The minimum atomic E-state index is -1.06. The van der Waals surface area contributed by atoms with Gasteiger partial charge in [-0.3, -0.25) is 25.1 Å². The van der Waals surface area contributed by atoms with Crippen LogP contribution in [0.4, 0.5) is 10.5 Å². The first-order chi connectivity index (χ1) is 20.7. The van der Waals surface area contributed by atoms with Crippen LogP contribution in [0, 0.1) is 24.2 Å². The van der Waals surface area contributed by atoms with Crippen molar-refractivity contribution < 1.29 is 28.7 Å². The third-order valence-corrected chi connectivity index (χ3v) is 6.94. The Hall–Kier alpha value is -4.85. The van der Waals surface area contributed by atoms with Gasteiger partial charge < -0.3 is 25.0 Å². The summed E-state index contributed by atoms with van der Waals surface area (Å²) >= 11 is 0. The highest BCUT2D eigenvalue weighted by molar-refractivity contribution is 6.04. The van der Waals surface area contributed by atoms with Crippen molar-refractivity contribution in [1.29, 1.82) is 5.41 Å². The summed E-state index contributed by atoms with van der Waals surface area (Å²) in [6.45, 7) is 11.3. The number of nitrogens with zero attached hydrogens (tertiary/aromatic N) is 1. The van der Waals surface area contributed by atoms with Crippen LogP contribution in [0.2, 0.25) is 0 Å². The van der Waals surface area contributed by atoms with Crippen LogP contribution in [0.15, 0.2) is 42.5 Å². The van der Waals surface area contributed by atoms with Gasteiger partial charge in [0.25, 0.3) is 5.91 Å². The lowest BCUT2D eigenvalue weighted by atomic mass is 9.96. The summed E-state index contributed by atoms with van der Waals surface area (Å²) in [5.41, 5.74) is 1.60. The maximum absolute atomic E-state index is 13.5. The second kappa shape index (κ2) is 14.6. The number of alkyl carbamates (subject to hydrolysis) is 1. The van der Waals surface area contributed by atoms with E-state index in [-0.39, 0.29) is 30.8 Å². The van der Waals surface area contributed by atoms with Gasteiger partial charge in [0.05, 0.1) is 13.2 Å². The normalized spacial score (nSPS) is 15.8. The molecule has 11 nitrogen and oxygen atoms in total. The van der Waals surface area contributed by atoms with E-state index in [1.165, 1.54) is 0 Å². The van der Waals surface area contributed by atoms with E-state index in [0.717, 1.165) is 16.8 Å². The lowest BCUT2D eigenvalue weighted by Gasteiger charge is -2.34. The first-order valence-corrected chi connectivity index (χ1v) is 14.5. The molecular weight excluding hydrogens is 562 g/mol. The number of ether oxygens (including phenoxy) is 2. The number of likely N-dealkylation sites (tertiary alicyclic amines) is 1. The molecule has 4 N–H and O–H groups in total. The molecule has 1 fully saturated rings. The Kier molecular flexibility index (Phi) is 11.1. The third-order valence-electron chi connectivity index (χ3n) is 6.94. The standard InChI is InChI=1S/C33H41N5O6/c1-7-43-27(39)21-36-30(41)33(6)17-9-19-38(33)29(40)26-16-11-23(20-22(26)2)10-8-18-35-25-14-12-24(13-15-25)28(34)37-31(42)44-32(3,4)5/h11-16,20,35H,7,9,17-19,21H2,1-6H3,(H,36,41)(H2,34,37,42). The van der Waals surface area contributed by atoms with E-state index in [9.17, 15) is 19.2 Å². The number of rotatable bonds is 8. The Balaban J connectivity index is 1.56. The molecule has 1 aliphatic heterocycles. The number of anilines is 1. The van der Waals surface area contributed by atoms with E-state index in [2.05, 4.69) is 27.8 Å². The smallest absolute Gasteiger partial charge is 0.413 e. The molecule has 2 aromatic rings. The summed E-state index contributed by atoms with van der Waals surface area (Å²) < 4.78 is 10.1. The van der Waals surface area contributed by atoms with Crippen molar-refractivity contribution in [1.82, 2.24) is 15.5 Å². The zero-order valence-electron chi connectivity index (χ0n) is 26.2. The number of esters is 1. The number of nitrogens with one attached hydrogen (secondary N) is 4. The van der Waals surface area contributed by atoms with Crippen molar-refractivity contribution >= 4 is 35.4 Å². The van der Waals surface area contributed by atoms with E-state index in [1.54, 1.807) is 75.9 Å². The molecule has 0 spiro atoms. The molecule has 2 aromatic carbocycles. The fourth-order valence-corrected chi connectivity index (χ4v) is 4.73. The SMILES string of the molecule is CCOC(=O)CNC(=O)C1(C)CCCN1C(=O)c1ccc(C#CCNc2ccc(C(=N)NC(=O)OC(C)(C)C)cc2)cc1C. The van der Waals surface area contributed by atoms with Gasteiger partial charge in [-0.1, -0.05) is 11.8 Å². The Morgan fingerprint density at radius 2 is 1.80 bits per heavy atom. The van der Waals surface area contributed by atoms with Gasteiger partial charge in [0.1, 0.15) is 23.5 Å². The number of benzene rings is 2. The molecule has 0 aromatic heterocycles. The largest absolute Gasteiger partial charge is 0.465 e. The van der Waals surface area contributed by atoms with Crippen LogP contribution >= 0.6 is 0 Å². The summed E-state index contributed by atoms with van der Waals surface area (Å²) in [6.07, 6.45) is 0.494. The van der Waals surface area contributed by atoms with Crippen molar-refractivity contribution in [2.24, 2.45) is 0 Å². The highest BCUT2D eigenvalue weighted by Crippen LogP contribution is 2.31. The fourth-order valence-electron chi connectivity index (χ4n) is 4.73. The van der Waals surface area contributed by atoms with Crippen LogP contribution in [0.5, 0.6) is 0 Å². The lowest BCUT2D eigenvalue weighted by Crippen LogP contribution is -2.56. The molecule has 1 atom stereocenters. The van der Waals surface area contributed by atoms with Crippen LogP contribution in [-0.4, -0.2) is 72.0 Å². The number of carbonyl (C=O) groups excluding carboxylic acids is 4. The van der Waals surface area contributed by atoms with E-state index < -0.39 is 23.2 Å². The minimum absolute atomic E-state index is 0.0606. The first-order valence-electron chi connectivity index (χ1n) is 14.5. The highest BCUT2D eigenvalue weighted by Gasteiger charge is 2.46. The number of hydrogen-bond acceptors (Lipinski definition) is 8. The Morgan fingerprint density at radius 3 is 2.43 bits per heavy atom. The number of aryl methyl sites for hydroxylation is 1. The van der Waals surface area contributed by atoms with Gasteiger partial charge in [0.2, 0.25) is 5.91 Å². The number of carbonyl (C=O) groups is 4. The molecule has 1 unspecified atom stereocenters. The average molecular weight is 604 g/mol. The molecule has 1 heterocycles. The molecule has 1 aliphatic rings. The van der Waals surface area contributed by atoms with Crippen molar-refractivity contribution in [3.63, 3.8) is 0 Å². The van der Waals surface area contributed by atoms with E-state index in [4.69, 9.17) is 14.9 Å². The zero-order valence-corrected chi connectivity index (χ0v) is 26.2. The van der Waals surface area contributed by atoms with Crippen molar-refractivity contribution in [3.05, 3.63) is 64.7 Å². The van der Waals surface area contributed by atoms with Crippen molar-refractivity contribution in [2.45, 2.75) is 65.5 Å². The number of amidine groups is 1. The molecule has 3 amide bonds. The molecule has 0 radical (unpaired) electrons. The second-order valence-corrected chi connectivity index (χ2v) is 11.6. The van der Waals surface area contributed by atoms with E-state index in [1.807, 2.05) is 13.0 Å². The summed E-state index contributed by atoms with van der Waals surface area (Å²) in [6, 6.07) is 12.3. The van der Waals surface area contributed by atoms with E-state index >= 15 is 0 Å². The topological polar surface area (TPSA) is 150 Å². The molecule has 1 saturated heterocycles. The molecule has 0 bridgehead atoms. The van der Waals surface area contributed by atoms with Gasteiger partial charge in [-0.2, -0.15) is 0 Å². The highest BCUT2D eigenvalue weighted by atomic mass is 16.6. The summed E-state index contributed by atoms with van der Waals surface area (Å²) in [7, 11) is 0. The molecule has 0 saturated carbocycles. The van der Waals surface area contributed by atoms with Gasteiger partial charge in [-0.05, 0) is 102 Å². The van der Waals surface area contributed by atoms with Crippen LogP contribution in [0.3, 0.4) is 0 Å². The average Bonchev–Trinajstić information content (AvgIpc) is 3.35. The summed E-state index contributed by atoms with van der Waals surface area (Å²) in [5, 5.41) is 16.3. The van der Waals surface area contributed by atoms with Gasteiger partial charge >= 0.3 is 12.1 Å². The maximum Gasteiger partial charge on any atom is 0.413 e. The molecule has 234 valence electrons. The molecule has 44 heavy (non-hydrogen) atoms. The summed E-state index contributed by atoms with van der Waals surface area (Å²) in [5.74, 6) is 4.95. The fraction of sp³-hybridized carbons (Fsp3) is 0.424. The molecule has 11 heteroatoms. The van der Waals surface area contributed by atoms with Crippen molar-refractivity contribution in [2.75, 3.05) is 31.6 Å². The van der Waals surface area contributed by atoms with Crippen LogP contribution in [0.25, 0.3) is 0 Å². The Morgan fingerprint density at radius 1 is 1.09 bits per heavy atom. The third kappa shape index (κ3) is 9.07. The second-order valence-electron chi connectivity index (χ2n) is 11.6. The number of hydrogen-bond donors (Lipinski definition) is 4. The first kappa shape index (κ1) is 33.6. The predicted octanol–water partition coefficient (Wildman–Crippen LogP) is 3.98. The van der Waals surface area contributed by atoms with Gasteiger partial charge in [0, 0.05) is 28.9 Å². The Bertz CT molecular complexity index is 1470. The van der Waals surface area contributed by atoms with Gasteiger partial charge in [-0.15, -0.1) is 0 Å². The van der Waals surface area contributed by atoms with Crippen LogP contribution in [0.1, 0.15) is 74.5 Å². The monoisotopic (exact) mass is 603 g/mol. The van der Waals surface area contributed by atoms with E-state index in [0.29, 0.717) is 37.1 Å². The minimum Gasteiger partial charge on any atom is -0.465 e. The lowest BCUT2D eigenvalue weighted by molar-refractivity contribution is -0.144. The van der Waals surface area contributed by atoms with Gasteiger partial charge in [0.15, 0.2) is 0 Å². The maximum atomic E-state index is 13.5. The van der Waals surface area contributed by atoms with Crippen LogP contribution in [-0.2, 0) is 19.1 Å². The Labute approximate surface area is 258 Å². The molecular formula is C33H41N5O6.